The summed E-state index contributed by atoms with van der Waals surface area (Å²) in [6.07, 6.45) is 3.86. The number of pyridine rings is 1. The van der Waals surface area contributed by atoms with Gasteiger partial charge in [-0.15, -0.1) is 0 Å². The first-order valence-electron chi connectivity index (χ1n) is 9.47. The molecule has 4 heterocycles. The molecule has 2 atom stereocenters. The van der Waals surface area contributed by atoms with Crippen LogP contribution in [0.15, 0.2) is 48.7 Å². The molecule has 1 unspecified atom stereocenters. The Kier molecular flexibility index (Phi) is 5.25. The molecule has 3 aliphatic rings. The molecule has 3 saturated heterocycles. The van der Waals surface area contributed by atoms with Gasteiger partial charge in [0, 0.05) is 30.1 Å². The van der Waals surface area contributed by atoms with Crippen molar-refractivity contribution in [3.05, 3.63) is 54.2 Å². The molecule has 0 spiro atoms. The van der Waals surface area contributed by atoms with E-state index in [4.69, 9.17) is 9.47 Å². The van der Waals surface area contributed by atoms with Crippen molar-refractivity contribution in [3.63, 3.8) is 0 Å². The SMILES string of the molecule is COc1ccc(C(Nc2ccccc2)C(=O)O[C@H]2CN3CCC2CC3)cn1. The van der Waals surface area contributed by atoms with Gasteiger partial charge in [-0.2, -0.15) is 0 Å². The summed E-state index contributed by atoms with van der Waals surface area (Å²) < 4.78 is 11.1. The number of benzene rings is 1. The number of rotatable bonds is 6. The zero-order chi connectivity index (χ0) is 18.6. The highest BCUT2D eigenvalue weighted by atomic mass is 16.5. The Hall–Kier alpha value is -2.60. The van der Waals surface area contributed by atoms with Crippen LogP contribution >= 0.6 is 0 Å². The van der Waals surface area contributed by atoms with Crippen molar-refractivity contribution in [1.29, 1.82) is 0 Å². The van der Waals surface area contributed by atoms with E-state index in [1.54, 1.807) is 19.4 Å². The van der Waals surface area contributed by atoms with Crippen LogP contribution in [0.25, 0.3) is 0 Å². The van der Waals surface area contributed by atoms with Gasteiger partial charge in [-0.1, -0.05) is 18.2 Å². The van der Waals surface area contributed by atoms with Gasteiger partial charge in [0.05, 0.1) is 7.11 Å². The number of nitrogens with zero attached hydrogens (tertiary/aromatic N) is 2. The van der Waals surface area contributed by atoms with Crippen LogP contribution in [0.2, 0.25) is 0 Å². The van der Waals surface area contributed by atoms with Crippen LogP contribution in [-0.4, -0.2) is 48.7 Å². The monoisotopic (exact) mass is 367 g/mol. The van der Waals surface area contributed by atoms with E-state index in [9.17, 15) is 4.79 Å². The van der Waals surface area contributed by atoms with Crippen LogP contribution in [0.1, 0.15) is 24.4 Å². The Morgan fingerprint density at radius 1 is 1.19 bits per heavy atom. The molecule has 1 aromatic heterocycles. The number of aromatic nitrogens is 1. The van der Waals surface area contributed by atoms with E-state index in [2.05, 4.69) is 15.2 Å². The molecule has 0 saturated carbocycles. The normalized spacial score (nSPS) is 24.9. The minimum atomic E-state index is -0.610. The van der Waals surface area contributed by atoms with Gasteiger partial charge >= 0.3 is 5.97 Å². The van der Waals surface area contributed by atoms with E-state index in [-0.39, 0.29) is 12.1 Å². The average Bonchev–Trinajstić information content (AvgIpc) is 2.74. The maximum absolute atomic E-state index is 13.1. The molecule has 6 heteroatoms. The number of anilines is 1. The molecule has 5 rings (SSSR count). The second-order valence-corrected chi connectivity index (χ2v) is 7.19. The minimum Gasteiger partial charge on any atom is -0.481 e. The van der Waals surface area contributed by atoms with Crippen molar-refractivity contribution < 1.29 is 14.3 Å². The second-order valence-electron chi connectivity index (χ2n) is 7.19. The fourth-order valence-corrected chi connectivity index (χ4v) is 3.92. The molecule has 1 aromatic carbocycles. The third-order valence-electron chi connectivity index (χ3n) is 5.49. The topological polar surface area (TPSA) is 63.7 Å². The lowest BCUT2D eigenvalue weighted by Crippen LogP contribution is -2.52. The maximum Gasteiger partial charge on any atom is 0.333 e. The molecule has 2 aromatic rings. The number of nitrogens with one attached hydrogen (secondary N) is 1. The van der Waals surface area contributed by atoms with Crippen molar-refractivity contribution >= 4 is 11.7 Å². The first-order valence-corrected chi connectivity index (χ1v) is 9.47. The smallest absolute Gasteiger partial charge is 0.333 e. The molecule has 2 bridgehead atoms. The Labute approximate surface area is 159 Å². The molecular formula is C21H25N3O3. The van der Waals surface area contributed by atoms with Crippen molar-refractivity contribution in [2.45, 2.75) is 25.0 Å². The third-order valence-corrected chi connectivity index (χ3v) is 5.49. The first-order chi connectivity index (χ1) is 13.2. The highest BCUT2D eigenvalue weighted by molar-refractivity contribution is 5.81. The molecule has 142 valence electrons. The molecule has 3 fully saturated rings. The Bertz CT molecular complexity index is 758. The zero-order valence-corrected chi connectivity index (χ0v) is 15.5. The fourth-order valence-electron chi connectivity index (χ4n) is 3.92. The molecule has 3 aliphatic heterocycles. The molecule has 0 aliphatic carbocycles. The zero-order valence-electron chi connectivity index (χ0n) is 15.5. The summed E-state index contributed by atoms with van der Waals surface area (Å²) in [6.45, 7) is 3.08. The lowest BCUT2D eigenvalue weighted by atomic mass is 9.86. The summed E-state index contributed by atoms with van der Waals surface area (Å²) in [7, 11) is 1.57. The molecule has 0 amide bonds. The van der Waals surface area contributed by atoms with Gasteiger partial charge in [-0.3, -0.25) is 4.90 Å². The molecule has 0 radical (unpaired) electrons. The number of para-hydroxylation sites is 1. The predicted octanol–water partition coefficient (Wildman–Crippen LogP) is 2.88. The number of fused-ring (bicyclic) bond motifs is 3. The van der Waals surface area contributed by atoms with Crippen molar-refractivity contribution in [1.82, 2.24) is 9.88 Å². The summed E-state index contributed by atoms with van der Waals surface area (Å²) in [4.78, 5) is 19.7. The number of carbonyl (C=O) groups is 1. The number of hydrogen-bond donors (Lipinski definition) is 1. The lowest BCUT2D eigenvalue weighted by Gasteiger charge is -2.44. The van der Waals surface area contributed by atoms with E-state index in [0.717, 1.165) is 43.7 Å². The Morgan fingerprint density at radius 3 is 2.56 bits per heavy atom. The highest BCUT2D eigenvalue weighted by Gasteiger charge is 2.38. The van der Waals surface area contributed by atoms with Gasteiger partial charge in [0.25, 0.3) is 0 Å². The summed E-state index contributed by atoms with van der Waals surface area (Å²) in [5, 5.41) is 3.30. The van der Waals surface area contributed by atoms with E-state index in [0.29, 0.717) is 11.8 Å². The molecule has 27 heavy (non-hydrogen) atoms. The van der Waals surface area contributed by atoms with Crippen molar-refractivity contribution in [2.75, 3.05) is 32.1 Å². The number of carbonyl (C=O) groups excluding carboxylic acids is 1. The van der Waals surface area contributed by atoms with Gasteiger partial charge in [-0.25, -0.2) is 9.78 Å². The number of hydrogen-bond acceptors (Lipinski definition) is 6. The Morgan fingerprint density at radius 2 is 1.96 bits per heavy atom. The number of ether oxygens (including phenoxy) is 2. The van der Waals surface area contributed by atoms with Crippen LogP contribution in [0.4, 0.5) is 5.69 Å². The summed E-state index contributed by atoms with van der Waals surface area (Å²) in [5.74, 6) is 0.734. The third kappa shape index (κ3) is 4.06. The standard InChI is InChI=1S/C21H25N3O3/c1-26-19-8-7-16(13-22-19)20(23-17-5-3-2-4-6-17)21(25)27-18-14-24-11-9-15(18)10-12-24/h2-8,13,15,18,20,23H,9-12,14H2,1H3/t18-,20?/m0/s1. The molecular weight excluding hydrogens is 342 g/mol. The van der Waals surface area contributed by atoms with Crippen LogP contribution in [0.3, 0.4) is 0 Å². The predicted molar refractivity (Wildman–Crippen MR) is 103 cm³/mol. The number of piperidine rings is 3. The lowest BCUT2D eigenvalue weighted by molar-refractivity contribution is -0.159. The van der Waals surface area contributed by atoms with Gasteiger partial charge in [-0.05, 0) is 50.0 Å². The number of methoxy groups -OCH3 is 1. The van der Waals surface area contributed by atoms with Gasteiger partial charge < -0.3 is 14.8 Å². The summed E-state index contributed by atoms with van der Waals surface area (Å²) in [6, 6.07) is 12.7. The van der Waals surface area contributed by atoms with E-state index >= 15 is 0 Å². The summed E-state index contributed by atoms with van der Waals surface area (Å²) in [5.41, 5.74) is 1.62. The largest absolute Gasteiger partial charge is 0.481 e. The second kappa shape index (κ2) is 7.96. The average molecular weight is 367 g/mol. The first kappa shape index (κ1) is 17.8. The fraction of sp³-hybridized carbons (Fsp3) is 0.429. The number of esters is 1. The van der Waals surface area contributed by atoms with Crippen LogP contribution in [0, 0.1) is 5.92 Å². The van der Waals surface area contributed by atoms with Gasteiger partial charge in [0.15, 0.2) is 6.04 Å². The van der Waals surface area contributed by atoms with E-state index < -0.39 is 6.04 Å². The van der Waals surface area contributed by atoms with E-state index in [1.165, 1.54) is 0 Å². The minimum absolute atomic E-state index is 0.0220. The van der Waals surface area contributed by atoms with Crippen molar-refractivity contribution in [3.8, 4) is 5.88 Å². The van der Waals surface area contributed by atoms with Crippen LogP contribution in [0.5, 0.6) is 5.88 Å². The maximum atomic E-state index is 13.1. The Balaban J connectivity index is 1.53. The van der Waals surface area contributed by atoms with Crippen LogP contribution in [-0.2, 0) is 9.53 Å². The van der Waals surface area contributed by atoms with Crippen LogP contribution < -0.4 is 10.1 Å². The van der Waals surface area contributed by atoms with E-state index in [1.807, 2.05) is 36.4 Å². The van der Waals surface area contributed by atoms with Gasteiger partial charge in [0.1, 0.15) is 6.10 Å². The molecule has 6 nitrogen and oxygen atoms in total. The summed E-state index contributed by atoms with van der Waals surface area (Å²) >= 11 is 0. The quantitative estimate of drug-likeness (QED) is 0.792. The molecule has 1 N–H and O–H groups in total. The highest BCUT2D eigenvalue weighted by Crippen LogP contribution is 2.31. The van der Waals surface area contributed by atoms with Gasteiger partial charge in [0.2, 0.25) is 5.88 Å². The van der Waals surface area contributed by atoms with Crippen molar-refractivity contribution in [2.24, 2.45) is 5.92 Å².